The molecule has 2 amide bonds. The van der Waals surface area contributed by atoms with Crippen molar-refractivity contribution >= 4 is 17.5 Å². The smallest absolute Gasteiger partial charge is 0.251 e. The zero-order chi connectivity index (χ0) is 18.6. The molecule has 138 valence electrons. The number of ether oxygens (including phenoxy) is 1. The fourth-order valence-electron chi connectivity index (χ4n) is 3.40. The standard InChI is InChI=1S/C19H29N3O3/c1-12(2)17(22-10-13(3)25-14(4)11-22)19(24)21-16-8-6-15(7-9-16)18(23)20-5/h6-9,12-14,17H,10-11H2,1-5H3,(H,20,23)(H,21,24). The molecule has 0 saturated carbocycles. The third-order valence-electron chi connectivity index (χ3n) is 4.38. The molecule has 1 aliphatic rings. The summed E-state index contributed by atoms with van der Waals surface area (Å²) in [4.78, 5) is 26.7. The molecule has 0 radical (unpaired) electrons. The van der Waals surface area contributed by atoms with E-state index < -0.39 is 0 Å². The highest BCUT2D eigenvalue weighted by Gasteiger charge is 2.34. The minimum absolute atomic E-state index is 0.0241. The SMILES string of the molecule is CNC(=O)c1ccc(NC(=O)C(C(C)C)N2CC(C)OC(C)C2)cc1. The van der Waals surface area contributed by atoms with Crippen LogP contribution in [0.25, 0.3) is 0 Å². The second-order valence-electron chi connectivity index (χ2n) is 7.05. The summed E-state index contributed by atoms with van der Waals surface area (Å²) in [5.74, 6) is 0.0147. The maximum Gasteiger partial charge on any atom is 0.251 e. The van der Waals surface area contributed by atoms with Crippen molar-refractivity contribution < 1.29 is 14.3 Å². The van der Waals surface area contributed by atoms with Crippen LogP contribution in [0.15, 0.2) is 24.3 Å². The molecule has 1 saturated heterocycles. The van der Waals surface area contributed by atoms with Crippen LogP contribution in [0.5, 0.6) is 0 Å². The van der Waals surface area contributed by atoms with E-state index in [2.05, 4.69) is 29.4 Å². The highest BCUT2D eigenvalue weighted by molar-refractivity contribution is 5.97. The lowest BCUT2D eigenvalue weighted by molar-refractivity contribution is -0.130. The van der Waals surface area contributed by atoms with Crippen LogP contribution in [0.3, 0.4) is 0 Å². The molecule has 6 nitrogen and oxygen atoms in total. The molecule has 0 bridgehead atoms. The molecule has 1 aliphatic heterocycles. The zero-order valence-corrected chi connectivity index (χ0v) is 15.7. The van der Waals surface area contributed by atoms with E-state index in [0.717, 1.165) is 13.1 Å². The Morgan fingerprint density at radius 1 is 1.12 bits per heavy atom. The van der Waals surface area contributed by atoms with Gasteiger partial charge in [-0.1, -0.05) is 13.8 Å². The first-order chi connectivity index (χ1) is 11.8. The summed E-state index contributed by atoms with van der Waals surface area (Å²) < 4.78 is 5.78. The third-order valence-corrected chi connectivity index (χ3v) is 4.38. The van der Waals surface area contributed by atoms with Gasteiger partial charge in [-0.3, -0.25) is 14.5 Å². The van der Waals surface area contributed by atoms with Gasteiger partial charge in [0, 0.05) is 31.4 Å². The number of amides is 2. The predicted octanol–water partition coefficient (Wildman–Crippen LogP) is 2.12. The molecule has 25 heavy (non-hydrogen) atoms. The Morgan fingerprint density at radius 3 is 2.16 bits per heavy atom. The summed E-state index contributed by atoms with van der Waals surface area (Å²) in [5.41, 5.74) is 1.26. The third kappa shape index (κ3) is 5.03. The van der Waals surface area contributed by atoms with Crippen LogP contribution in [0.1, 0.15) is 38.1 Å². The van der Waals surface area contributed by atoms with E-state index in [0.29, 0.717) is 11.3 Å². The number of carbonyl (C=O) groups is 2. The summed E-state index contributed by atoms with van der Waals surface area (Å²) in [6.45, 7) is 9.69. The summed E-state index contributed by atoms with van der Waals surface area (Å²) in [5, 5.41) is 5.56. The van der Waals surface area contributed by atoms with E-state index in [4.69, 9.17) is 4.74 Å². The number of hydrogen-bond acceptors (Lipinski definition) is 4. The molecule has 3 unspecified atom stereocenters. The molecule has 2 rings (SSSR count). The topological polar surface area (TPSA) is 70.7 Å². The molecule has 2 N–H and O–H groups in total. The first kappa shape index (κ1) is 19.4. The molecule has 0 aliphatic carbocycles. The van der Waals surface area contributed by atoms with Gasteiger partial charge in [0.15, 0.2) is 0 Å². The summed E-state index contributed by atoms with van der Waals surface area (Å²) in [7, 11) is 1.59. The normalized spacial score (nSPS) is 22.5. The Morgan fingerprint density at radius 2 is 1.68 bits per heavy atom. The van der Waals surface area contributed by atoms with Crippen molar-refractivity contribution in [1.29, 1.82) is 0 Å². The van der Waals surface area contributed by atoms with Crippen molar-refractivity contribution in [2.75, 3.05) is 25.5 Å². The molecule has 1 aromatic rings. The first-order valence-electron chi connectivity index (χ1n) is 8.84. The van der Waals surface area contributed by atoms with E-state index in [-0.39, 0.29) is 36.0 Å². The highest BCUT2D eigenvalue weighted by atomic mass is 16.5. The number of carbonyl (C=O) groups excluding carboxylic acids is 2. The molecule has 6 heteroatoms. The fourth-order valence-corrected chi connectivity index (χ4v) is 3.40. The van der Waals surface area contributed by atoms with Gasteiger partial charge in [-0.2, -0.15) is 0 Å². The van der Waals surface area contributed by atoms with Crippen LogP contribution in [-0.4, -0.2) is 55.1 Å². The van der Waals surface area contributed by atoms with Crippen LogP contribution in [0, 0.1) is 5.92 Å². The number of hydrogen-bond donors (Lipinski definition) is 2. The maximum atomic E-state index is 12.9. The number of anilines is 1. The molecule has 3 atom stereocenters. The Hall–Kier alpha value is -1.92. The Bertz CT molecular complexity index is 590. The van der Waals surface area contributed by atoms with Gasteiger partial charge in [-0.25, -0.2) is 0 Å². The maximum absolute atomic E-state index is 12.9. The van der Waals surface area contributed by atoms with Gasteiger partial charge in [0.1, 0.15) is 0 Å². The quantitative estimate of drug-likeness (QED) is 0.856. The van der Waals surface area contributed by atoms with Gasteiger partial charge in [-0.15, -0.1) is 0 Å². The lowest BCUT2D eigenvalue weighted by Gasteiger charge is -2.41. The van der Waals surface area contributed by atoms with E-state index >= 15 is 0 Å². The van der Waals surface area contributed by atoms with Gasteiger partial charge >= 0.3 is 0 Å². The van der Waals surface area contributed by atoms with Crippen LogP contribution in [-0.2, 0) is 9.53 Å². The van der Waals surface area contributed by atoms with Gasteiger partial charge in [0.25, 0.3) is 5.91 Å². The highest BCUT2D eigenvalue weighted by Crippen LogP contribution is 2.20. The molecule has 0 aromatic heterocycles. The first-order valence-corrected chi connectivity index (χ1v) is 8.84. The van der Waals surface area contributed by atoms with Crippen LogP contribution < -0.4 is 10.6 Å². The zero-order valence-electron chi connectivity index (χ0n) is 15.7. The molecule has 1 aromatic carbocycles. The number of benzene rings is 1. The van der Waals surface area contributed by atoms with E-state index in [1.54, 1.807) is 31.3 Å². The second-order valence-corrected chi connectivity index (χ2v) is 7.05. The number of morpholine rings is 1. The van der Waals surface area contributed by atoms with Crippen molar-refractivity contribution in [3.05, 3.63) is 29.8 Å². The number of nitrogens with one attached hydrogen (secondary N) is 2. The fraction of sp³-hybridized carbons (Fsp3) is 0.579. The minimum atomic E-state index is -0.215. The monoisotopic (exact) mass is 347 g/mol. The number of nitrogens with zero attached hydrogens (tertiary/aromatic N) is 1. The van der Waals surface area contributed by atoms with Gasteiger partial charge in [0.05, 0.1) is 18.2 Å². The molecule has 0 spiro atoms. The average molecular weight is 347 g/mol. The number of rotatable bonds is 5. The summed E-state index contributed by atoms with van der Waals surface area (Å²) >= 11 is 0. The Balaban J connectivity index is 2.08. The second kappa shape index (κ2) is 8.45. The van der Waals surface area contributed by atoms with E-state index in [1.807, 2.05) is 13.8 Å². The van der Waals surface area contributed by atoms with Crippen molar-refractivity contribution in [2.24, 2.45) is 5.92 Å². The van der Waals surface area contributed by atoms with Crippen molar-refractivity contribution in [3.63, 3.8) is 0 Å². The van der Waals surface area contributed by atoms with Crippen molar-refractivity contribution in [3.8, 4) is 0 Å². The minimum Gasteiger partial charge on any atom is -0.373 e. The van der Waals surface area contributed by atoms with Crippen LogP contribution >= 0.6 is 0 Å². The molecule has 1 heterocycles. The van der Waals surface area contributed by atoms with Gasteiger partial charge in [-0.05, 0) is 44.0 Å². The predicted molar refractivity (Wildman–Crippen MR) is 98.7 cm³/mol. The van der Waals surface area contributed by atoms with Crippen LogP contribution in [0.4, 0.5) is 5.69 Å². The van der Waals surface area contributed by atoms with Gasteiger partial charge < -0.3 is 15.4 Å². The van der Waals surface area contributed by atoms with Crippen molar-refractivity contribution in [2.45, 2.75) is 45.9 Å². The summed E-state index contributed by atoms with van der Waals surface area (Å²) in [6, 6.07) is 6.71. The molecule has 1 fully saturated rings. The lowest BCUT2D eigenvalue weighted by atomic mass is 9.99. The average Bonchev–Trinajstić information content (AvgIpc) is 2.53. The molecular weight excluding hydrogens is 318 g/mol. The Kier molecular flexibility index (Phi) is 6.56. The molecular formula is C19H29N3O3. The van der Waals surface area contributed by atoms with Gasteiger partial charge in [0.2, 0.25) is 5.91 Å². The Labute approximate surface area is 149 Å². The van der Waals surface area contributed by atoms with E-state index in [1.165, 1.54) is 0 Å². The van der Waals surface area contributed by atoms with Crippen molar-refractivity contribution in [1.82, 2.24) is 10.2 Å². The summed E-state index contributed by atoms with van der Waals surface area (Å²) in [6.07, 6.45) is 0.231. The largest absolute Gasteiger partial charge is 0.373 e. The van der Waals surface area contributed by atoms with E-state index in [9.17, 15) is 9.59 Å². The van der Waals surface area contributed by atoms with Crippen LogP contribution in [0.2, 0.25) is 0 Å². The lowest BCUT2D eigenvalue weighted by Crippen LogP contribution is -2.55.